The van der Waals surface area contributed by atoms with Crippen LogP contribution < -0.4 is 4.74 Å². The summed E-state index contributed by atoms with van der Waals surface area (Å²) in [5, 5.41) is 9.37. The van der Waals surface area contributed by atoms with Crippen LogP contribution in [-0.2, 0) is 15.9 Å². The van der Waals surface area contributed by atoms with Gasteiger partial charge in [-0.3, -0.25) is 0 Å². The minimum Gasteiger partial charge on any atom is -0.508 e. The monoisotopic (exact) mass is 316 g/mol. The molecule has 0 aliphatic rings. The van der Waals surface area contributed by atoms with E-state index in [1.165, 1.54) is 0 Å². The minimum atomic E-state index is -1.11. The van der Waals surface area contributed by atoms with Crippen LogP contribution >= 0.6 is 0 Å². The third-order valence-electron chi connectivity index (χ3n) is 3.40. The van der Waals surface area contributed by atoms with Crippen molar-refractivity contribution in [2.75, 3.05) is 13.2 Å². The molecule has 0 aliphatic heterocycles. The predicted octanol–water partition coefficient (Wildman–Crippen LogP) is 4.13. The number of para-hydroxylation sites is 1. The zero-order valence-electron chi connectivity index (χ0n) is 13.7. The van der Waals surface area contributed by atoms with E-state index in [1.54, 1.807) is 12.1 Å². The van der Waals surface area contributed by atoms with Crippen molar-refractivity contribution in [3.05, 3.63) is 60.2 Å². The van der Waals surface area contributed by atoms with Crippen LogP contribution in [-0.4, -0.2) is 24.3 Å². The van der Waals surface area contributed by atoms with Crippen LogP contribution in [0.15, 0.2) is 54.6 Å². The molecule has 0 radical (unpaired) electrons. The van der Waals surface area contributed by atoms with E-state index in [0.29, 0.717) is 31.8 Å². The molecule has 0 bridgehead atoms. The number of aryl methyl sites for hydroxylation is 1. The second kappa shape index (κ2) is 8.56. The second-order valence-electron chi connectivity index (χ2n) is 5.13. The maximum absolute atomic E-state index is 9.37. The van der Waals surface area contributed by atoms with Gasteiger partial charge in [-0.15, -0.1) is 0 Å². The summed E-state index contributed by atoms with van der Waals surface area (Å²) in [7, 11) is 0. The molecule has 2 aromatic carbocycles. The van der Waals surface area contributed by atoms with E-state index in [-0.39, 0.29) is 5.75 Å². The van der Waals surface area contributed by atoms with Gasteiger partial charge in [0.2, 0.25) is 0 Å². The average molecular weight is 316 g/mol. The van der Waals surface area contributed by atoms with Crippen LogP contribution in [0.5, 0.6) is 11.5 Å². The molecule has 0 fully saturated rings. The highest BCUT2D eigenvalue weighted by atomic mass is 16.9. The maximum Gasteiger partial charge on any atom is 0.327 e. The third kappa shape index (κ3) is 5.27. The number of phenolic OH excluding ortho intramolecular Hbond substituents is 1. The molecule has 124 valence electrons. The molecule has 23 heavy (non-hydrogen) atoms. The van der Waals surface area contributed by atoms with Crippen LogP contribution in [0.1, 0.15) is 25.8 Å². The number of hydrogen-bond donors (Lipinski definition) is 1. The molecule has 0 atom stereocenters. The van der Waals surface area contributed by atoms with Gasteiger partial charge in [-0.1, -0.05) is 30.3 Å². The van der Waals surface area contributed by atoms with Gasteiger partial charge in [-0.25, -0.2) is 0 Å². The van der Waals surface area contributed by atoms with Crippen molar-refractivity contribution in [2.24, 2.45) is 0 Å². The maximum atomic E-state index is 9.37. The summed E-state index contributed by atoms with van der Waals surface area (Å²) >= 11 is 0. The summed E-state index contributed by atoms with van der Waals surface area (Å²) in [5.41, 5.74) is 1.09. The molecule has 0 saturated carbocycles. The topological polar surface area (TPSA) is 47.9 Å². The van der Waals surface area contributed by atoms with E-state index in [9.17, 15) is 5.11 Å². The number of hydrogen-bond acceptors (Lipinski definition) is 4. The normalized spacial score (nSPS) is 11.4. The van der Waals surface area contributed by atoms with Crippen LogP contribution in [0.4, 0.5) is 0 Å². The Balaban J connectivity index is 2.12. The highest BCUT2D eigenvalue weighted by Gasteiger charge is 2.34. The fourth-order valence-corrected chi connectivity index (χ4v) is 2.36. The predicted molar refractivity (Wildman–Crippen MR) is 89.5 cm³/mol. The summed E-state index contributed by atoms with van der Waals surface area (Å²) in [6, 6.07) is 16.7. The molecule has 2 rings (SSSR count). The molecular formula is C19H24O4. The summed E-state index contributed by atoms with van der Waals surface area (Å²) < 4.78 is 17.7. The Bertz CT molecular complexity index is 560. The fraction of sp³-hybridized carbons (Fsp3) is 0.368. The lowest BCUT2D eigenvalue weighted by molar-refractivity contribution is -0.343. The van der Waals surface area contributed by atoms with Gasteiger partial charge in [-0.05, 0) is 50.1 Å². The second-order valence-corrected chi connectivity index (χ2v) is 5.13. The standard InChI is InChI=1S/C19H24O4/c1-3-21-19(22-4-2,23-18-8-6-5-7-9-18)15-14-16-10-12-17(20)13-11-16/h5-13,20H,3-4,14-15H2,1-2H3. The quantitative estimate of drug-likeness (QED) is 0.707. The third-order valence-corrected chi connectivity index (χ3v) is 3.40. The van der Waals surface area contributed by atoms with E-state index < -0.39 is 5.97 Å². The smallest absolute Gasteiger partial charge is 0.327 e. The molecule has 1 N–H and O–H groups in total. The number of phenols is 1. The van der Waals surface area contributed by atoms with Crippen molar-refractivity contribution in [1.29, 1.82) is 0 Å². The Hall–Kier alpha value is -2.04. The first kappa shape index (κ1) is 17.3. The summed E-state index contributed by atoms with van der Waals surface area (Å²) in [4.78, 5) is 0. The zero-order chi connectivity index (χ0) is 16.5. The number of aromatic hydroxyl groups is 1. The number of benzene rings is 2. The van der Waals surface area contributed by atoms with Gasteiger partial charge >= 0.3 is 5.97 Å². The average Bonchev–Trinajstić information content (AvgIpc) is 2.56. The molecular weight excluding hydrogens is 292 g/mol. The largest absolute Gasteiger partial charge is 0.508 e. The lowest BCUT2D eigenvalue weighted by atomic mass is 10.1. The lowest BCUT2D eigenvalue weighted by Crippen LogP contribution is -2.43. The van der Waals surface area contributed by atoms with Crippen LogP contribution in [0.3, 0.4) is 0 Å². The molecule has 4 nitrogen and oxygen atoms in total. The van der Waals surface area contributed by atoms with Crippen LogP contribution in [0, 0.1) is 0 Å². The Morgan fingerprint density at radius 1 is 0.870 bits per heavy atom. The number of ether oxygens (including phenoxy) is 3. The van der Waals surface area contributed by atoms with Gasteiger partial charge in [0.15, 0.2) is 0 Å². The summed E-state index contributed by atoms with van der Waals surface area (Å²) in [5.74, 6) is -0.141. The Morgan fingerprint density at radius 3 is 2.04 bits per heavy atom. The van der Waals surface area contributed by atoms with Crippen molar-refractivity contribution in [3.63, 3.8) is 0 Å². The minimum absolute atomic E-state index is 0.259. The Kier molecular flexibility index (Phi) is 6.44. The molecule has 0 saturated heterocycles. The molecule has 0 heterocycles. The Labute approximate surface area is 137 Å². The summed E-state index contributed by atoms with van der Waals surface area (Å²) in [6.07, 6.45) is 1.27. The molecule has 0 aliphatic carbocycles. The van der Waals surface area contributed by atoms with E-state index in [4.69, 9.17) is 14.2 Å². The van der Waals surface area contributed by atoms with E-state index in [1.807, 2.05) is 56.3 Å². The van der Waals surface area contributed by atoms with Gasteiger partial charge < -0.3 is 19.3 Å². The van der Waals surface area contributed by atoms with E-state index in [0.717, 1.165) is 5.56 Å². The van der Waals surface area contributed by atoms with Crippen molar-refractivity contribution in [2.45, 2.75) is 32.7 Å². The molecule has 2 aromatic rings. The van der Waals surface area contributed by atoms with Crippen LogP contribution in [0.2, 0.25) is 0 Å². The van der Waals surface area contributed by atoms with Crippen molar-refractivity contribution in [3.8, 4) is 11.5 Å². The molecule has 0 amide bonds. The van der Waals surface area contributed by atoms with Crippen LogP contribution in [0.25, 0.3) is 0 Å². The number of rotatable bonds is 9. The first-order valence-corrected chi connectivity index (χ1v) is 7.97. The van der Waals surface area contributed by atoms with E-state index >= 15 is 0 Å². The highest BCUT2D eigenvalue weighted by molar-refractivity contribution is 5.26. The van der Waals surface area contributed by atoms with Crippen molar-refractivity contribution < 1.29 is 19.3 Å². The first-order valence-electron chi connectivity index (χ1n) is 7.97. The lowest BCUT2D eigenvalue weighted by Gasteiger charge is -2.33. The fourth-order valence-electron chi connectivity index (χ4n) is 2.36. The van der Waals surface area contributed by atoms with Gasteiger partial charge in [0.25, 0.3) is 0 Å². The van der Waals surface area contributed by atoms with Gasteiger partial charge in [0.05, 0.1) is 13.2 Å². The SMILES string of the molecule is CCOC(CCc1ccc(O)cc1)(OCC)Oc1ccccc1. The Morgan fingerprint density at radius 2 is 1.48 bits per heavy atom. The van der Waals surface area contributed by atoms with Crippen molar-refractivity contribution in [1.82, 2.24) is 0 Å². The van der Waals surface area contributed by atoms with E-state index in [2.05, 4.69) is 0 Å². The van der Waals surface area contributed by atoms with Gasteiger partial charge in [0, 0.05) is 6.42 Å². The molecule has 0 unspecified atom stereocenters. The zero-order valence-corrected chi connectivity index (χ0v) is 13.7. The first-order chi connectivity index (χ1) is 11.2. The summed E-state index contributed by atoms with van der Waals surface area (Å²) in [6.45, 7) is 4.82. The van der Waals surface area contributed by atoms with Gasteiger partial charge in [0.1, 0.15) is 11.5 Å². The van der Waals surface area contributed by atoms with Gasteiger partial charge in [-0.2, -0.15) is 0 Å². The molecule has 0 aromatic heterocycles. The molecule has 0 spiro atoms. The molecule has 4 heteroatoms. The highest BCUT2D eigenvalue weighted by Crippen LogP contribution is 2.26. The van der Waals surface area contributed by atoms with Crippen molar-refractivity contribution >= 4 is 0 Å².